The van der Waals surface area contributed by atoms with Gasteiger partial charge in [0.25, 0.3) is 5.91 Å². The van der Waals surface area contributed by atoms with Gasteiger partial charge < -0.3 is 9.47 Å². The predicted octanol–water partition coefficient (Wildman–Crippen LogP) is 5.92. The molecule has 8 heteroatoms. The van der Waals surface area contributed by atoms with Crippen molar-refractivity contribution in [3.8, 4) is 11.5 Å². The van der Waals surface area contributed by atoms with Gasteiger partial charge in [-0.2, -0.15) is 0 Å². The van der Waals surface area contributed by atoms with Gasteiger partial charge in [-0.05, 0) is 47.4 Å². The van der Waals surface area contributed by atoms with Crippen molar-refractivity contribution in [1.82, 2.24) is 4.90 Å². The lowest BCUT2D eigenvalue weighted by atomic mass is 10.1. The first kappa shape index (κ1) is 22.6. The first-order chi connectivity index (χ1) is 14.3. The van der Waals surface area contributed by atoms with E-state index in [1.165, 1.54) is 31.0 Å². The SMILES string of the molecule is COc1cc(/C=C2\SC(=S)N(CC(C)C)C2=O)cc(Cl)c1OCc1ccc(F)cc1. The van der Waals surface area contributed by atoms with Gasteiger partial charge in [-0.25, -0.2) is 4.39 Å². The third kappa shape index (κ3) is 5.33. The Morgan fingerprint density at radius 1 is 1.27 bits per heavy atom. The molecular formula is C22H21ClFNO3S2. The minimum Gasteiger partial charge on any atom is -0.493 e. The maximum atomic E-state index is 13.1. The highest BCUT2D eigenvalue weighted by atomic mass is 35.5. The van der Waals surface area contributed by atoms with E-state index in [-0.39, 0.29) is 18.3 Å². The summed E-state index contributed by atoms with van der Waals surface area (Å²) in [4.78, 5) is 14.8. The van der Waals surface area contributed by atoms with Crippen LogP contribution in [0.1, 0.15) is 25.0 Å². The van der Waals surface area contributed by atoms with Gasteiger partial charge in [-0.15, -0.1) is 0 Å². The molecule has 1 aliphatic rings. The molecule has 2 aromatic rings. The summed E-state index contributed by atoms with van der Waals surface area (Å²) < 4.78 is 24.9. The Kier molecular flexibility index (Phi) is 7.39. The molecule has 0 radical (unpaired) electrons. The van der Waals surface area contributed by atoms with E-state index in [1.807, 2.05) is 13.8 Å². The normalized spacial score (nSPS) is 15.4. The van der Waals surface area contributed by atoms with Crippen molar-refractivity contribution in [1.29, 1.82) is 0 Å². The maximum absolute atomic E-state index is 13.1. The molecule has 1 fully saturated rings. The average Bonchev–Trinajstić information content (AvgIpc) is 2.95. The average molecular weight is 466 g/mol. The van der Waals surface area contributed by atoms with E-state index >= 15 is 0 Å². The van der Waals surface area contributed by atoms with Crippen LogP contribution < -0.4 is 9.47 Å². The molecule has 0 N–H and O–H groups in total. The number of hydrogen-bond donors (Lipinski definition) is 0. The number of ether oxygens (including phenoxy) is 2. The van der Waals surface area contributed by atoms with Crippen LogP contribution in [0.25, 0.3) is 6.08 Å². The molecule has 1 heterocycles. The molecule has 0 aliphatic carbocycles. The fourth-order valence-corrected chi connectivity index (χ4v) is 4.42. The fraction of sp³-hybridized carbons (Fsp3) is 0.273. The summed E-state index contributed by atoms with van der Waals surface area (Å²) in [5, 5.41) is 0.348. The lowest BCUT2D eigenvalue weighted by molar-refractivity contribution is -0.122. The van der Waals surface area contributed by atoms with Crippen molar-refractivity contribution >= 4 is 51.9 Å². The van der Waals surface area contributed by atoms with Gasteiger partial charge in [0.15, 0.2) is 11.5 Å². The highest BCUT2D eigenvalue weighted by Crippen LogP contribution is 2.39. The Morgan fingerprint density at radius 2 is 1.97 bits per heavy atom. The Balaban J connectivity index is 1.81. The summed E-state index contributed by atoms with van der Waals surface area (Å²) in [6, 6.07) is 9.48. The largest absolute Gasteiger partial charge is 0.493 e. The Labute approximate surface area is 190 Å². The standard InChI is InChI=1S/C22H21ClFNO3S2/c1-13(2)11-25-21(26)19(30-22(25)29)10-15-8-17(23)20(18(9-15)27-3)28-12-14-4-6-16(24)7-5-14/h4-10,13H,11-12H2,1-3H3/b19-10-. The number of amides is 1. The van der Waals surface area contributed by atoms with Crippen molar-refractivity contribution in [3.63, 3.8) is 0 Å². The third-order valence-corrected chi connectivity index (χ3v) is 5.93. The van der Waals surface area contributed by atoms with E-state index in [1.54, 1.807) is 35.2 Å². The third-order valence-electron chi connectivity index (χ3n) is 4.27. The van der Waals surface area contributed by atoms with E-state index < -0.39 is 0 Å². The molecule has 0 atom stereocenters. The fourth-order valence-electron chi connectivity index (χ4n) is 2.87. The number of halogens is 2. The molecule has 0 unspecified atom stereocenters. The number of rotatable bonds is 7. The molecule has 2 aromatic carbocycles. The van der Waals surface area contributed by atoms with Crippen LogP contribution in [-0.2, 0) is 11.4 Å². The molecule has 1 aliphatic heterocycles. The summed E-state index contributed by atoms with van der Waals surface area (Å²) in [6.07, 6.45) is 1.75. The molecule has 0 saturated carbocycles. The second-order valence-corrected chi connectivity index (χ2v) is 9.22. The van der Waals surface area contributed by atoms with E-state index in [4.69, 9.17) is 33.3 Å². The summed E-state index contributed by atoms with van der Waals surface area (Å²) in [5.74, 6) is 0.725. The second-order valence-electron chi connectivity index (χ2n) is 7.14. The van der Waals surface area contributed by atoms with E-state index in [2.05, 4.69) is 0 Å². The van der Waals surface area contributed by atoms with E-state index in [0.717, 1.165) is 5.56 Å². The van der Waals surface area contributed by atoms with Crippen LogP contribution in [0.2, 0.25) is 5.02 Å². The van der Waals surface area contributed by atoms with Crippen LogP contribution in [-0.4, -0.2) is 28.8 Å². The zero-order valence-corrected chi connectivity index (χ0v) is 19.2. The molecule has 158 valence electrons. The van der Waals surface area contributed by atoms with Crippen LogP contribution >= 0.6 is 35.6 Å². The minimum atomic E-state index is -0.308. The zero-order chi connectivity index (χ0) is 21.8. The number of methoxy groups -OCH3 is 1. The van der Waals surface area contributed by atoms with E-state index in [9.17, 15) is 9.18 Å². The van der Waals surface area contributed by atoms with Gasteiger partial charge in [0, 0.05) is 6.54 Å². The van der Waals surface area contributed by atoms with Crippen LogP contribution in [0.4, 0.5) is 4.39 Å². The van der Waals surface area contributed by atoms with Crippen molar-refractivity contribution in [2.45, 2.75) is 20.5 Å². The van der Waals surface area contributed by atoms with Gasteiger partial charge in [0.1, 0.15) is 16.7 Å². The lowest BCUT2D eigenvalue weighted by Gasteiger charge is -2.16. The van der Waals surface area contributed by atoms with Crippen LogP contribution in [0.15, 0.2) is 41.3 Å². The van der Waals surface area contributed by atoms with Gasteiger partial charge >= 0.3 is 0 Å². The molecule has 1 amide bonds. The molecular weight excluding hydrogens is 445 g/mol. The number of carbonyl (C=O) groups is 1. The number of carbonyl (C=O) groups excluding carboxylic acids is 1. The predicted molar refractivity (Wildman–Crippen MR) is 123 cm³/mol. The number of nitrogens with zero attached hydrogens (tertiary/aromatic N) is 1. The molecule has 0 bridgehead atoms. The zero-order valence-electron chi connectivity index (χ0n) is 16.8. The number of thioether (sulfide) groups is 1. The second kappa shape index (κ2) is 9.81. The summed E-state index contributed by atoms with van der Waals surface area (Å²) in [5.41, 5.74) is 1.50. The Morgan fingerprint density at radius 3 is 2.60 bits per heavy atom. The lowest BCUT2D eigenvalue weighted by Crippen LogP contribution is -2.31. The van der Waals surface area contributed by atoms with Crippen LogP contribution in [0.3, 0.4) is 0 Å². The first-order valence-electron chi connectivity index (χ1n) is 9.28. The highest BCUT2D eigenvalue weighted by Gasteiger charge is 2.32. The van der Waals surface area contributed by atoms with Crippen molar-refractivity contribution in [2.75, 3.05) is 13.7 Å². The van der Waals surface area contributed by atoms with E-state index in [0.29, 0.717) is 43.8 Å². The molecule has 0 aromatic heterocycles. The molecule has 3 rings (SSSR count). The topological polar surface area (TPSA) is 38.8 Å². The number of thiocarbonyl (C=S) groups is 1. The Hall–Kier alpha value is -2.09. The maximum Gasteiger partial charge on any atom is 0.266 e. The van der Waals surface area contributed by atoms with Crippen molar-refractivity contribution < 1.29 is 18.7 Å². The Bertz CT molecular complexity index is 993. The molecule has 1 saturated heterocycles. The number of hydrogen-bond acceptors (Lipinski definition) is 5. The minimum absolute atomic E-state index is 0.106. The summed E-state index contributed by atoms with van der Waals surface area (Å²) >= 11 is 13.1. The first-order valence-corrected chi connectivity index (χ1v) is 10.9. The van der Waals surface area contributed by atoms with Crippen molar-refractivity contribution in [3.05, 3.63) is 63.3 Å². The van der Waals surface area contributed by atoms with Crippen LogP contribution in [0, 0.1) is 11.7 Å². The quantitative estimate of drug-likeness (QED) is 0.374. The molecule has 30 heavy (non-hydrogen) atoms. The highest BCUT2D eigenvalue weighted by molar-refractivity contribution is 8.26. The van der Waals surface area contributed by atoms with Crippen LogP contribution in [0.5, 0.6) is 11.5 Å². The molecule has 0 spiro atoms. The number of benzene rings is 2. The van der Waals surface area contributed by atoms with Crippen molar-refractivity contribution in [2.24, 2.45) is 5.92 Å². The molecule has 4 nitrogen and oxygen atoms in total. The van der Waals surface area contributed by atoms with Gasteiger partial charge in [-0.3, -0.25) is 9.69 Å². The van der Waals surface area contributed by atoms with Gasteiger partial charge in [0.2, 0.25) is 0 Å². The van der Waals surface area contributed by atoms with Gasteiger partial charge in [-0.1, -0.05) is 61.6 Å². The summed E-state index contributed by atoms with van der Waals surface area (Å²) in [6.45, 7) is 4.88. The van der Waals surface area contributed by atoms with Gasteiger partial charge in [0.05, 0.1) is 17.0 Å². The monoisotopic (exact) mass is 465 g/mol. The summed E-state index contributed by atoms with van der Waals surface area (Å²) in [7, 11) is 1.52. The smallest absolute Gasteiger partial charge is 0.266 e.